The number of benzene rings is 3. The van der Waals surface area contributed by atoms with Gasteiger partial charge in [-0.2, -0.15) is 0 Å². The lowest BCUT2D eigenvalue weighted by atomic mass is 9.98. The Bertz CT molecular complexity index is 1230. The van der Waals surface area contributed by atoms with Crippen LogP contribution in [0.3, 0.4) is 0 Å². The van der Waals surface area contributed by atoms with E-state index < -0.39 is 30.4 Å². The second-order valence-electron chi connectivity index (χ2n) is 8.07. The second kappa shape index (κ2) is 11.0. The number of carbonyl (C=O) groups excluding carboxylic acids is 2. The first-order valence-electron chi connectivity index (χ1n) is 10.9. The molecule has 7 nitrogen and oxygen atoms in total. The van der Waals surface area contributed by atoms with Crippen LogP contribution in [0, 0.1) is 0 Å². The molecule has 180 valence electrons. The summed E-state index contributed by atoms with van der Waals surface area (Å²) in [7, 11) is 0. The number of hydrogen-bond donors (Lipinski definition) is 3. The Morgan fingerprint density at radius 2 is 1.57 bits per heavy atom. The van der Waals surface area contributed by atoms with Gasteiger partial charge in [0.15, 0.2) is 0 Å². The average Bonchev–Trinajstić information content (AvgIpc) is 3.16. The van der Waals surface area contributed by atoms with Gasteiger partial charge in [0.1, 0.15) is 12.6 Å². The number of aliphatic carboxylic acids is 1. The summed E-state index contributed by atoms with van der Waals surface area (Å²) in [5.41, 5.74) is 5.10. The van der Waals surface area contributed by atoms with E-state index in [0.717, 1.165) is 36.8 Å². The van der Waals surface area contributed by atoms with Crippen molar-refractivity contribution < 1.29 is 24.2 Å². The third kappa shape index (κ3) is 5.91. The first-order valence-corrected chi connectivity index (χ1v) is 12.5. The van der Waals surface area contributed by atoms with E-state index in [9.17, 15) is 19.5 Å². The van der Waals surface area contributed by atoms with Crippen LogP contribution < -0.4 is 10.6 Å². The predicted molar refractivity (Wildman–Crippen MR) is 138 cm³/mol. The molecule has 0 bridgehead atoms. The Balaban J connectivity index is 1.39. The van der Waals surface area contributed by atoms with E-state index in [1.807, 2.05) is 66.7 Å². The first-order chi connectivity index (χ1) is 16.8. The number of carboxylic acid groups (broad SMARTS) is 1. The van der Waals surface area contributed by atoms with Crippen LogP contribution in [0.1, 0.15) is 29.0 Å². The summed E-state index contributed by atoms with van der Waals surface area (Å²) < 4.78 is 7.09. The van der Waals surface area contributed by atoms with Gasteiger partial charge >= 0.3 is 12.1 Å². The van der Waals surface area contributed by atoms with E-state index in [1.54, 1.807) is 0 Å². The molecule has 0 aromatic heterocycles. The minimum atomic E-state index is -1.28. The van der Waals surface area contributed by atoms with Crippen molar-refractivity contribution in [1.29, 1.82) is 0 Å². The Labute approximate surface area is 219 Å². The van der Waals surface area contributed by atoms with Crippen molar-refractivity contribution >= 4 is 49.8 Å². The van der Waals surface area contributed by atoms with Crippen molar-refractivity contribution in [2.45, 2.75) is 24.9 Å². The van der Waals surface area contributed by atoms with Gasteiger partial charge in [-0.15, -0.1) is 0 Å². The van der Waals surface area contributed by atoms with Crippen LogP contribution in [0.15, 0.2) is 75.7 Å². The lowest BCUT2D eigenvalue weighted by Gasteiger charge is -2.19. The average molecular weight is 602 g/mol. The molecule has 0 radical (unpaired) electrons. The van der Waals surface area contributed by atoms with Crippen LogP contribution in [-0.4, -0.2) is 35.7 Å². The number of amides is 2. The van der Waals surface area contributed by atoms with E-state index in [-0.39, 0.29) is 19.1 Å². The SMILES string of the molecule is O=C(O)CC(NC(=O)OCC1c2ccccc2-c2ccccc21)C(=O)NCc1cc(Br)ccc1Br. The number of rotatable bonds is 8. The number of carboxylic acids is 1. The van der Waals surface area contributed by atoms with Crippen molar-refractivity contribution in [2.75, 3.05) is 6.61 Å². The highest BCUT2D eigenvalue weighted by atomic mass is 79.9. The lowest BCUT2D eigenvalue weighted by Crippen LogP contribution is -2.48. The molecule has 1 aliphatic carbocycles. The third-order valence-corrected chi connectivity index (χ3v) is 7.06. The molecule has 0 spiro atoms. The summed E-state index contributed by atoms with van der Waals surface area (Å²) in [4.78, 5) is 36.6. The fraction of sp³-hybridized carbons (Fsp3) is 0.192. The highest BCUT2D eigenvalue weighted by Crippen LogP contribution is 2.44. The van der Waals surface area contributed by atoms with Crippen LogP contribution in [0.5, 0.6) is 0 Å². The Hall–Kier alpha value is -3.17. The van der Waals surface area contributed by atoms with Crippen molar-refractivity contribution in [2.24, 2.45) is 0 Å². The predicted octanol–water partition coefficient (Wildman–Crippen LogP) is 5.21. The van der Waals surface area contributed by atoms with Gasteiger partial charge in [-0.1, -0.05) is 80.4 Å². The number of halogens is 2. The molecule has 35 heavy (non-hydrogen) atoms. The Morgan fingerprint density at radius 3 is 2.20 bits per heavy atom. The van der Waals surface area contributed by atoms with E-state index in [4.69, 9.17) is 4.74 Å². The molecule has 0 saturated carbocycles. The largest absolute Gasteiger partial charge is 0.481 e. The fourth-order valence-corrected chi connectivity index (χ4v) is 4.95. The van der Waals surface area contributed by atoms with Gasteiger partial charge < -0.3 is 20.5 Å². The van der Waals surface area contributed by atoms with Crippen LogP contribution >= 0.6 is 31.9 Å². The first kappa shape index (κ1) is 24.9. The number of nitrogens with one attached hydrogen (secondary N) is 2. The molecule has 3 aromatic carbocycles. The number of hydrogen-bond acceptors (Lipinski definition) is 4. The van der Waals surface area contributed by atoms with Crippen molar-refractivity contribution in [3.05, 3.63) is 92.4 Å². The van der Waals surface area contributed by atoms with Gasteiger partial charge in [-0.05, 0) is 46.0 Å². The summed E-state index contributed by atoms with van der Waals surface area (Å²) in [6, 6.07) is 20.1. The molecule has 0 fully saturated rings. The molecule has 3 N–H and O–H groups in total. The van der Waals surface area contributed by atoms with Gasteiger partial charge in [0.2, 0.25) is 5.91 Å². The molecule has 3 aromatic rings. The molecule has 1 unspecified atom stereocenters. The monoisotopic (exact) mass is 600 g/mol. The zero-order chi connectivity index (χ0) is 24.9. The van der Waals surface area contributed by atoms with Gasteiger partial charge in [0.25, 0.3) is 0 Å². The standard InChI is InChI=1S/C26H22Br2N2O5/c27-16-9-10-22(28)15(11-16)13-29-25(33)23(12-24(31)32)30-26(34)35-14-21-19-7-3-1-5-17(19)18-6-2-4-8-20(18)21/h1-11,21,23H,12-14H2,(H,29,33)(H,30,34)(H,31,32). The third-order valence-electron chi connectivity index (χ3n) is 5.79. The van der Waals surface area contributed by atoms with Crippen LogP contribution in [0.25, 0.3) is 11.1 Å². The fourth-order valence-electron chi connectivity index (χ4n) is 4.15. The molecular weight excluding hydrogens is 580 g/mol. The molecule has 0 aliphatic heterocycles. The maximum atomic E-state index is 12.7. The van der Waals surface area contributed by atoms with Crippen molar-refractivity contribution in [3.8, 4) is 11.1 Å². The van der Waals surface area contributed by atoms with Gasteiger partial charge in [-0.3, -0.25) is 9.59 Å². The highest BCUT2D eigenvalue weighted by molar-refractivity contribution is 9.11. The maximum absolute atomic E-state index is 12.7. The summed E-state index contributed by atoms with van der Waals surface area (Å²) in [6.45, 7) is 0.216. The summed E-state index contributed by atoms with van der Waals surface area (Å²) in [5, 5.41) is 14.3. The maximum Gasteiger partial charge on any atom is 0.407 e. The number of carbonyl (C=O) groups is 3. The van der Waals surface area contributed by atoms with Crippen molar-refractivity contribution in [3.63, 3.8) is 0 Å². The van der Waals surface area contributed by atoms with E-state index in [0.29, 0.717) is 0 Å². The van der Waals surface area contributed by atoms with Crippen LogP contribution in [0.4, 0.5) is 4.79 Å². The minimum Gasteiger partial charge on any atom is -0.481 e. The van der Waals surface area contributed by atoms with E-state index in [2.05, 4.69) is 42.5 Å². The van der Waals surface area contributed by atoms with Crippen molar-refractivity contribution in [1.82, 2.24) is 10.6 Å². The number of fused-ring (bicyclic) bond motifs is 3. The molecule has 0 heterocycles. The molecule has 1 aliphatic rings. The second-order valence-corrected chi connectivity index (χ2v) is 9.84. The lowest BCUT2D eigenvalue weighted by molar-refractivity contribution is -0.139. The summed E-state index contributed by atoms with van der Waals surface area (Å²) in [5.74, 6) is -1.98. The van der Waals surface area contributed by atoms with Crippen LogP contribution in [0.2, 0.25) is 0 Å². The van der Waals surface area contributed by atoms with Gasteiger partial charge in [0.05, 0.1) is 6.42 Å². The molecule has 2 amide bonds. The normalized spacial score (nSPS) is 12.9. The Kier molecular flexibility index (Phi) is 7.87. The highest BCUT2D eigenvalue weighted by Gasteiger charge is 2.30. The topological polar surface area (TPSA) is 105 Å². The minimum absolute atomic E-state index is 0.0618. The molecule has 9 heteroatoms. The molecule has 4 rings (SSSR count). The van der Waals surface area contributed by atoms with Gasteiger partial charge in [-0.25, -0.2) is 4.79 Å². The summed E-state index contributed by atoms with van der Waals surface area (Å²) in [6.07, 6.45) is -1.42. The molecule has 1 atom stereocenters. The zero-order valence-electron chi connectivity index (χ0n) is 18.5. The zero-order valence-corrected chi connectivity index (χ0v) is 21.6. The Morgan fingerprint density at radius 1 is 0.943 bits per heavy atom. The molecule has 0 saturated heterocycles. The number of ether oxygens (including phenoxy) is 1. The molecular formula is C26H22Br2N2O5. The smallest absolute Gasteiger partial charge is 0.407 e. The van der Waals surface area contributed by atoms with E-state index in [1.165, 1.54) is 0 Å². The van der Waals surface area contributed by atoms with Gasteiger partial charge in [0, 0.05) is 21.4 Å². The van der Waals surface area contributed by atoms with E-state index >= 15 is 0 Å². The number of alkyl carbamates (subject to hydrolysis) is 1. The van der Waals surface area contributed by atoms with Crippen LogP contribution in [-0.2, 0) is 20.9 Å². The summed E-state index contributed by atoms with van der Waals surface area (Å²) >= 11 is 6.80. The quantitative estimate of drug-likeness (QED) is 0.329.